The summed E-state index contributed by atoms with van der Waals surface area (Å²) >= 11 is 0. The molecule has 1 aromatic rings. The molecule has 0 unspecified atom stereocenters. The first kappa shape index (κ1) is 10.3. The van der Waals surface area contributed by atoms with Crippen LogP contribution in [0.3, 0.4) is 0 Å². The van der Waals surface area contributed by atoms with Crippen LogP contribution in [-0.2, 0) is 0 Å². The van der Waals surface area contributed by atoms with Gasteiger partial charge in [0.25, 0.3) is 0 Å². The Morgan fingerprint density at radius 3 is 2.20 bits per heavy atom. The van der Waals surface area contributed by atoms with Crippen molar-refractivity contribution in [1.82, 2.24) is 0 Å². The molecule has 1 fully saturated rings. The Bertz CT molecular complexity index is 387. The van der Waals surface area contributed by atoms with Gasteiger partial charge in [-0.15, -0.1) is 0 Å². The lowest BCUT2D eigenvalue weighted by Gasteiger charge is -2.26. The molecule has 1 nitrogen and oxygen atoms in total. The molecule has 82 valence electrons. The fourth-order valence-electron chi connectivity index (χ4n) is 1.31. The summed E-state index contributed by atoms with van der Waals surface area (Å²) in [6.45, 7) is 0. The Kier molecular flexibility index (Phi) is 2.54. The normalized spacial score (nSPS) is 16.3. The number of rotatable bonds is 2. The summed E-state index contributed by atoms with van der Waals surface area (Å²) in [6, 6.07) is 0.534. The van der Waals surface area contributed by atoms with Crippen molar-refractivity contribution >= 4 is 0 Å². The first-order valence-corrected chi connectivity index (χ1v) is 4.59. The minimum absolute atomic E-state index is 0.219. The van der Waals surface area contributed by atoms with Crippen LogP contribution in [0.25, 0.3) is 0 Å². The van der Waals surface area contributed by atoms with Crippen LogP contribution in [0.4, 0.5) is 17.6 Å². The summed E-state index contributed by atoms with van der Waals surface area (Å²) in [5.74, 6) is -7.11. The highest BCUT2D eigenvalue weighted by Crippen LogP contribution is 2.30. The molecule has 1 aromatic carbocycles. The summed E-state index contributed by atoms with van der Waals surface area (Å²) in [4.78, 5) is 0. The summed E-state index contributed by atoms with van der Waals surface area (Å²) < 4.78 is 56.1. The van der Waals surface area contributed by atoms with Gasteiger partial charge >= 0.3 is 0 Å². The molecule has 0 bridgehead atoms. The first-order chi connectivity index (χ1) is 7.09. The van der Waals surface area contributed by atoms with E-state index >= 15 is 0 Å². The average molecular weight is 220 g/mol. The minimum atomic E-state index is -1.83. The highest BCUT2D eigenvalue weighted by Gasteiger charge is 2.25. The Labute approximate surface area is 83.7 Å². The second-order valence-corrected chi connectivity index (χ2v) is 3.47. The molecule has 1 saturated carbocycles. The third-order valence-electron chi connectivity index (χ3n) is 2.42. The molecule has 0 aromatic heterocycles. The van der Waals surface area contributed by atoms with Gasteiger partial charge in [-0.1, -0.05) is 0 Å². The van der Waals surface area contributed by atoms with Gasteiger partial charge in [-0.2, -0.15) is 4.39 Å². The van der Waals surface area contributed by atoms with Crippen molar-refractivity contribution in [3.8, 4) is 5.75 Å². The Morgan fingerprint density at radius 2 is 1.67 bits per heavy atom. The van der Waals surface area contributed by atoms with Gasteiger partial charge in [0, 0.05) is 6.07 Å². The molecule has 1 aliphatic rings. The van der Waals surface area contributed by atoms with E-state index in [1.165, 1.54) is 0 Å². The number of ether oxygens (including phenoxy) is 1. The fourth-order valence-corrected chi connectivity index (χ4v) is 1.31. The standard InChI is InChI=1S/C10H8F4O/c11-6-4-7(15-5-2-1-3-5)9(13)10(14)8(6)12/h4-5H,1-3H2. The molecule has 0 N–H and O–H groups in total. The lowest BCUT2D eigenvalue weighted by Crippen LogP contribution is -2.25. The Morgan fingerprint density at radius 1 is 1.00 bits per heavy atom. The zero-order valence-electron chi connectivity index (χ0n) is 7.70. The van der Waals surface area contributed by atoms with Crippen LogP contribution < -0.4 is 4.74 Å². The molecule has 1 aliphatic carbocycles. The minimum Gasteiger partial charge on any atom is -0.487 e. The summed E-state index contributed by atoms with van der Waals surface area (Å²) in [5.41, 5.74) is 0. The largest absolute Gasteiger partial charge is 0.487 e. The third kappa shape index (κ3) is 1.78. The molecule has 0 saturated heterocycles. The Hall–Kier alpha value is -1.26. The number of hydrogen-bond acceptors (Lipinski definition) is 1. The highest BCUT2D eigenvalue weighted by atomic mass is 19.2. The summed E-state index contributed by atoms with van der Waals surface area (Å²) in [7, 11) is 0. The topological polar surface area (TPSA) is 9.23 Å². The van der Waals surface area contributed by atoms with Crippen LogP contribution in [0.2, 0.25) is 0 Å². The van der Waals surface area contributed by atoms with Crippen LogP contribution in [0, 0.1) is 23.3 Å². The molecule has 0 spiro atoms. The maximum Gasteiger partial charge on any atom is 0.203 e. The van der Waals surface area contributed by atoms with E-state index in [4.69, 9.17) is 4.74 Å². The zero-order valence-corrected chi connectivity index (χ0v) is 7.70. The Balaban J connectivity index is 2.30. The molecule has 0 amide bonds. The second kappa shape index (κ2) is 3.72. The lowest BCUT2D eigenvalue weighted by molar-refractivity contribution is 0.112. The van der Waals surface area contributed by atoms with Crippen molar-refractivity contribution in [3.05, 3.63) is 29.3 Å². The predicted molar refractivity (Wildman–Crippen MR) is 44.5 cm³/mol. The molecule has 0 radical (unpaired) electrons. The summed E-state index contributed by atoms with van der Waals surface area (Å²) in [5, 5.41) is 0. The van der Waals surface area contributed by atoms with E-state index in [2.05, 4.69) is 0 Å². The van der Waals surface area contributed by atoms with Crippen molar-refractivity contribution in [2.45, 2.75) is 25.4 Å². The molecular weight excluding hydrogens is 212 g/mol. The van der Waals surface area contributed by atoms with Crippen LogP contribution in [0.15, 0.2) is 6.07 Å². The van der Waals surface area contributed by atoms with E-state index in [1.54, 1.807) is 0 Å². The van der Waals surface area contributed by atoms with E-state index in [1.807, 2.05) is 0 Å². The van der Waals surface area contributed by atoms with Gasteiger partial charge in [0.15, 0.2) is 17.4 Å². The van der Waals surface area contributed by atoms with Gasteiger partial charge in [0.1, 0.15) is 0 Å². The monoisotopic (exact) mass is 220 g/mol. The van der Waals surface area contributed by atoms with Gasteiger partial charge in [0.05, 0.1) is 6.10 Å². The number of hydrogen-bond donors (Lipinski definition) is 0. The lowest BCUT2D eigenvalue weighted by atomic mass is 9.96. The van der Waals surface area contributed by atoms with Gasteiger partial charge in [-0.3, -0.25) is 0 Å². The predicted octanol–water partition coefficient (Wildman–Crippen LogP) is 3.17. The molecular formula is C10H8F4O. The molecule has 5 heteroatoms. The maximum absolute atomic E-state index is 13.1. The molecule has 0 heterocycles. The quantitative estimate of drug-likeness (QED) is 0.422. The van der Waals surface area contributed by atoms with Crippen molar-refractivity contribution in [2.24, 2.45) is 0 Å². The van der Waals surface area contributed by atoms with Crippen molar-refractivity contribution in [1.29, 1.82) is 0 Å². The van der Waals surface area contributed by atoms with Gasteiger partial charge < -0.3 is 4.74 Å². The van der Waals surface area contributed by atoms with E-state index in [0.29, 0.717) is 6.07 Å². The van der Waals surface area contributed by atoms with Crippen molar-refractivity contribution in [3.63, 3.8) is 0 Å². The average Bonchev–Trinajstić information content (AvgIpc) is 2.15. The number of benzene rings is 1. The SMILES string of the molecule is Fc1cc(OC2CCC2)c(F)c(F)c1F. The highest BCUT2D eigenvalue weighted by molar-refractivity contribution is 5.27. The van der Waals surface area contributed by atoms with Gasteiger partial charge in [-0.25, -0.2) is 13.2 Å². The molecule has 0 atom stereocenters. The van der Waals surface area contributed by atoms with Gasteiger partial charge in [0.2, 0.25) is 11.6 Å². The smallest absolute Gasteiger partial charge is 0.203 e. The van der Waals surface area contributed by atoms with Gasteiger partial charge in [-0.05, 0) is 19.3 Å². The zero-order chi connectivity index (χ0) is 11.0. The maximum atomic E-state index is 13.1. The second-order valence-electron chi connectivity index (χ2n) is 3.47. The van der Waals surface area contributed by atoms with E-state index in [9.17, 15) is 17.6 Å². The first-order valence-electron chi connectivity index (χ1n) is 4.59. The molecule has 2 rings (SSSR count). The molecule has 0 aliphatic heterocycles. The van der Waals surface area contributed by atoms with Crippen LogP contribution in [-0.4, -0.2) is 6.10 Å². The van der Waals surface area contributed by atoms with E-state index < -0.39 is 29.0 Å². The van der Waals surface area contributed by atoms with E-state index in [0.717, 1.165) is 19.3 Å². The molecule has 15 heavy (non-hydrogen) atoms. The van der Waals surface area contributed by atoms with Crippen LogP contribution >= 0.6 is 0 Å². The van der Waals surface area contributed by atoms with Crippen molar-refractivity contribution in [2.75, 3.05) is 0 Å². The van der Waals surface area contributed by atoms with Crippen molar-refractivity contribution < 1.29 is 22.3 Å². The van der Waals surface area contributed by atoms with E-state index in [-0.39, 0.29) is 6.10 Å². The fraction of sp³-hybridized carbons (Fsp3) is 0.400. The van der Waals surface area contributed by atoms with Crippen LogP contribution in [0.1, 0.15) is 19.3 Å². The van der Waals surface area contributed by atoms with Crippen LogP contribution in [0.5, 0.6) is 5.75 Å². The third-order valence-corrected chi connectivity index (χ3v) is 2.42. The summed E-state index contributed by atoms with van der Waals surface area (Å²) in [6.07, 6.45) is 2.17. The number of halogens is 4.